The molecule has 0 saturated heterocycles. The van der Waals surface area contributed by atoms with Crippen LogP contribution in [-0.4, -0.2) is 18.4 Å². The molecule has 0 spiro atoms. The third-order valence-electron chi connectivity index (χ3n) is 2.90. The summed E-state index contributed by atoms with van der Waals surface area (Å²) in [7, 11) is 0. The fourth-order valence-corrected chi connectivity index (χ4v) is 1.80. The Kier molecular flexibility index (Phi) is 5.54. The number of anilines is 1. The Morgan fingerprint density at radius 1 is 0.955 bits per heavy atom. The van der Waals surface area contributed by atoms with Crippen LogP contribution in [0.15, 0.2) is 54.6 Å². The maximum absolute atomic E-state index is 11.5. The Bertz CT molecular complexity index is 624. The third kappa shape index (κ3) is 4.63. The summed E-state index contributed by atoms with van der Waals surface area (Å²) in [5.41, 5.74) is 1.62. The minimum atomic E-state index is -0.681. The van der Waals surface area contributed by atoms with E-state index < -0.39 is 11.8 Å². The van der Waals surface area contributed by atoms with Crippen LogP contribution in [0.2, 0.25) is 0 Å². The molecule has 2 N–H and O–H groups in total. The minimum Gasteiger partial charge on any atom is -0.489 e. The molecule has 22 heavy (non-hydrogen) atoms. The second kappa shape index (κ2) is 7.83. The molecule has 0 aliphatic carbocycles. The quantitative estimate of drug-likeness (QED) is 0.833. The summed E-state index contributed by atoms with van der Waals surface area (Å²) >= 11 is 0. The van der Waals surface area contributed by atoms with Gasteiger partial charge in [-0.05, 0) is 36.8 Å². The van der Waals surface area contributed by atoms with Gasteiger partial charge in [0.05, 0.1) is 0 Å². The number of ether oxygens (including phenoxy) is 1. The molecule has 0 heterocycles. The fraction of sp³-hybridized carbons (Fsp3) is 0.176. The van der Waals surface area contributed by atoms with Gasteiger partial charge in [0.25, 0.3) is 0 Å². The van der Waals surface area contributed by atoms with Gasteiger partial charge in [0.1, 0.15) is 12.4 Å². The number of rotatable bonds is 5. The number of hydrogen-bond acceptors (Lipinski definition) is 3. The highest BCUT2D eigenvalue weighted by Crippen LogP contribution is 2.17. The summed E-state index contributed by atoms with van der Waals surface area (Å²) < 4.78 is 5.65. The van der Waals surface area contributed by atoms with Crippen molar-refractivity contribution in [1.29, 1.82) is 0 Å². The van der Waals surface area contributed by atoms with Crippen LogP contribution in [-0.2, 0) is 16.2 Å². The Morgan fingerprint density at radius 2 is 1.64 bits per heavy atom. The van der Waals surface area contributed by atoms with Crippen molar-refractivity contribution in [2.24, 2.45) is 0 Å². The molecule has 0 aliphatic rings. The van der Waals surface area contributed by atoms with Gasteiger partial charge in [-0.3, -0.25) is 9.59 Å². The van der Waals surface area contributed by atoms with Gasteiger partial charge in [0.15, 0.2) is 0 Å². The molecule has 2 aromatic carbocycles. The Labute approximate surface area is 129 Å². The summed E-state index contributed by atoms with van der Waals surface area (Å²) in [4.78, 5) is 22.9. The number of benzene rings is 2. The minimum absolute atomic E-state index is 0.415. The van der Waals surface area contributed by atoms with Crippen molar-refractivity contribution in [3.8, 4) is 5.75 Å². The summed E-state index contributed by atoms with van der Waals surface area (Å²) in [6.45, 7) is 2.65. The average molecular weight is 298 g/mol. The van der Waals surface area contributed by atoms with Crippen molar-refractivity contribution in [2.45, 2.75) is 13.5 Å². The van der Waals surface area contributed by atoms with Gasteiger partial charge in [0.2, 0.25) is 0 Å². The van der Waals surface area contributed by atoms with E-state index in [0.29, 0.717) is 24.6 Å². The molecule has 0 saturated carbocycles. The second-order valence-corrected chi connectivity index (χ2v) is 4.61. The summed E-state index contributed by atoms with van der Waals surface area (Å²) in [5, 5.41) is 4.96. The van der Waals surface area contributed by atoms with Crippen LogP contribution in [0.25, 0.3) is 0 Å². The summed E-state index contributed by atoms with van der Waals surface area (Å²) in [5.74, 6) is -0.633. The standard InChI is InChI=1S/C17H18N2O3/c1-2-18-16(20)17(21)19-14-8-10-15(11-9-14)22-12-13-6-4-3-5-7-13/h3-11H,2,12H2,1H3,(H,18,20)(H,19,21). The second-order valence-electron chi connectivity index (χ2n) is 4.61. The molecule has 5 heteroatoms. The van der Waals surface area contributed by atoms with Gasteiger partial charge in [-0.2, -0.15) is 0 Å². The normalized spacial score (nSPS) is 9.86. The average Bonchev–Trinajstić information content (AvgIpc) is 2.55. The lowest BCUT2D eigenvalue weighted by molar-refractivity contribution is -0.136. The number of carbonyl (C=O) groups excluding carboxylic acids is 2. The lowest BCUT2D eigenvalue weighted by atomic mass is 10.2. The first-order valence-corrected chi connectivity index (χ1v) is 7.05. The number of carbonyl (C=O) groups is 2. The van der Waals surface area contributed by atoms with Gasteiger partial charge < -0.3 is 15.4 Å². The Morgan fingerprint density at radius 3 is 2.27 bits per heavy atom. The molecule has 0 radical (unpaired) electrons. The lowest BCUT2D eigenvalue weighted by Gasteiger charge is -2.08. The number of hydrogen-bond donors (Lipinski definition) is 2. The van der Waals surface area contributed by atoms with Crippen molar-refractivity contribution in [2.75, 3.05) is 11.9 Å². The largest absolute Gasteiger partial charge is 0.489 e. The summed E-state index contributed by atoms with van der Waals surface area (Å²) in [6.07, 6.45) is 0. The van der Waals surface area contributed by atoms with Gasteiger partial charge in [-0.15, -0.1) is 0 Å². The van der Waals surface area contributed by atoms with Crippen LogP contribution >= 0.6 is 0 Å². The zero-order valence-corrected chi connectivity index (χ0v) is 12.3. The van der Waals surface area contributed by atoms with Crippen LogP contribution < -0.4 is 15.4 Å². The van der Waals surface area contributed by atoms with E-state index in [-0.39, 0.29) is 0 Å². The van der Waals surface area contributed by atoms with Crippen LogP contribution in [0.5, 0.6) is 5.75 Å². The van der Waals surface area contributed by atoms with E-state index in [9.17, 15) is 9.59 Å². The molecular formula is C17H18N2O3. The number of amides is 2. The predicted octanol–water partition coefficient (Wildman–Crippen LogP) is 2.34. The summed E-state index contributed by atoms with van der Waals surface area (Å²) in [6, 6.07) is 16.7. The van der Waals surface area contributed by atoms with Crippen molar-refractivity contribution in [3.63, 3.8) is 0 Å². The van der Waals surface area contributed by atoms with E-state index in [0.717, 1.165) is 5.56 Å². The van der Waals surface area contributed by atoms with E-state index in [1.165, 1.54) is 0 Å². The smallest absolute Gasteiger partial charge is 0.313 e. The van der Waals surface area contributed by atoms with Crippen molar-refractivity contribution in [3.05, 3.63) is 60.2 Å². The van der Waals surface area contributed by atoms with E-state index in [1.807, 2.05) is 30.3 Å². The van der Waals surface area contributed by atoms with Gasteiger partial charge in [0, 0.05) is 12.2 Å². The molecule has 2 aromatic rings. The molecular weight excluding hydrogens is 280 g/mol. The molecule has 0 aliphatic heterocycles. The first-order valence-electron chi connectivity index (χ1n) is 7.05. The van der Waals surface area contributed by atoms with Gasteiger partial charge >= 0.3 is 11.8 Å². The van der Waals surface area contributed by atoms with E-state index in [2.05, 4.69) is 10.6 Å². The molecule has 0 aromatic heterocycles. The topological polar surface area (TPSA) is 67.4 Å². The predicted molar refractivity (Wildman–Crippen MR) is 84.5 cm³/mol. The molecule has 2 rings (SSSR count). The first kappa shape index (κ1) is 15.6. The molecule has 0 fully saturated rings. The maximum atomic E-state index is 11.5. The monoisotopic (exact) mass is 298 g/mol. The van der Waals surface area contributed by atoms with Gasteiger partial charge in [-0.1, -0.05) is 30.3 Å². The van der Waals surface area contributed by atoms with Gasteiger partial charge in [-0.25, -0.2) is 0 Å². The first-order chi connectivity index (χ1) is 10.7. The number of likely N-dealkylation sites (N-methyl/N-ethyl adjacent to an activating group) is 1. The molecule has 0 bridgehead atoms. The molecule has 114 valence electrons. The molecule has 5 nitrogen and oxygen atoms in total. The molecule has 2 amide bonds. The lowest BCUT2D eigenvalue weighted by Crippen LogP contribution is -2.35. The number of nitrogens with one attached hydrogen (secondary N) is 2. The van der Waals surface area contributed by atoms with Crippen LogP contribution in [0.3, 0.4) is 0 Å². The van der Waals surface area contributed by atoms with Crippen molar-refractivity contribution < 1.29 is 14.3 Å². The Balaban J connectivity index is 1.87. The highest BCUT2D eigenvalue weighted by molar-refractivity contribution is 6.39. The van der Waals surface area contributed by atoms with E-state index in [4.69, 9.17) is 4.74 Å². The SMILES string of the molecule is CCNC(=O)C(=O)Nc1ccc(OCc2ccccc2)cc1. The van der Waals surface area contributed by atoms with Crippen molar-refractivity contribution >= 4 is 17.5 Å². The highest BCUT2D eigenvalue weighted by Gasteiger charge is 2.11. The fourth-order valence-electron chi connectivity index (χ4n) is 1.80. The van der Waals surface area contributed by atoms with Crippen LogP contribution in [0.1, 0.15) is 12.5 Å². The van der Waals surface area contributed by atoms with Crippen molar-refractivity contribution in [1.82, 2.24) is 5.32 Å². The van der Waals surface area contributed by atoms with E-state index in [1.54, 1.807) is 31.2 Å². The zero-order valence-electron chi connectivity index (χ0n) is 12.3. The zero-order chi connectivity index (χ0) is 15.8. The van der Waals surface area contributed by atoms with Crippen LogP contribution in [0.4, 0.5) is 5.69 Å². The molecule has 0 unspecified atom stereocenters. The maximum Gasteiger partial charge on any atom is 0.313 e. The van der Waals surface area contributed by atoms with E-state index >= 15 is 0 Å². The molecule has 0 atom stereocenters. The van der Waals surface area contributed by atoms with Crippen LogP contribution in [0, 0.1) is 0 Å². The third-order valence-corrected chi connectivity index (χ3v) is 2.90. The Hall–Kier alpha value is -2.82. The highest BCUT2D eigenvalue weighted by atomic mass is 16.5.